The molecule has 4 aromatic rings. The van der Waals surface area contributed by atoms with Crippen molar-refractivity contribution in [2.45, 2.75) is 0 Å². The summed E-state index contributed by atoms with van der Waals surface area (Å²) >= 11 is 0. The van der Waals surface area contributed by atoms with Crippen molar-refractivity contribution < 1.29 is 14.0 Å². The van der Waals surface area contributed by atoms with Gasteiger partial charge in [-0.3, -0.25) is 9.59 Å². The maximum absolute atomic E-state index is 14.5. The lowest BCUT2D eigenvalue weighted by Crippen LogP contribution is -2.23. The van der Waals surface area contributed by atoms with Crippen molar-refractivity contribution in [3.05, 3.63) is 71.8 Å². The van der Waals surface area contributed by atoms with Crippen molar-refractivity contribution in [2.24, 2.45) is 5.73 Å². The summed E-state index contributed by atoms with van der Waals surface area (Å²) in [5, 5.41) is 0.807. The van der Waals surface area contributed by atoms with Gasteiger partial charge in [0.15, 0.2) is 0 Å². The Morgan fingerprint density at radius 2 is 1.74 bits per heavy atom. The first-order valence-corrected chi connectivity index (χ1v) is 9.44. The summed E-state index contributed by atoms with van der Waals surface area (Å²) < 4.78 is 14.5. The number of pyridine rings is 1. The van der Waals surface area contributed by atoms with E-state index in [9.17, 15) is 14.0 Å². The highest BCUT2D eigenvalue weighted by atomic mass is 19.1. The summed E-state index contributed by atoms with van der Waals surface area (Å²) in [4.78, 5) is 32.6. The van der Waals surface area contributed by atoms with E-state index in [0.29, 0.717) is 22.3 Å². The number of anilines is 1. The third-order valence-electron chi connectivity index (χ3n) is 5.11. The summed E-state index contributed by atoms with van der Waals surface area (Å²) in [7, 11) is 3.16. The van der Waals surface area contributed by atoms with Crippen LogP contribution in [0, 0.1) is 5.82 Å². The Morgan fingerprint density at radius 1 is 1.03 bits per heavy atom. The third-order valence-corrected chi connectivity index (χ3v) is 5.11. The second-order valence-electron chi connectivity index (χ2n) is 7.38. The zero-order valence-corrected chi connectivity index (χ0v) is 16.9. The molecule has 7 nitrogen and oxygen atoms in total. The number of nitrogens with one attached hydrogen (secondary N) is 1. The van der Waals surface area contributed by atoms with Gasteiger partial charge in [-0.15, -0.1) is 0 Å². The van der Waals surface area contributed by atoms with Gasteiger partial charge < -0.3 is 21.4 Å². The quantitative estimate of drug-likeness (QED) is 0.441. The minimum Gasteiger partial charge on any atom is -0.396 e. The molecule has 156 valence electrons. The number of aromatic amines is 1. The van der Waals surface area contributed by atoms with Gasteiger partial charge in [-0.1, -0.05) is 12.1 Å². The van der Waals surface area contributed by atoms with E-state index in [-0.39, 0.29) is 17.2 Å². The van der Waals surface area contributed by atoms with Crippen LogP contribution in [-0.4, -0.2) is 40.8 Å². The van der Waals surface area contributed by atoms with E-state index in [1.165, 1.54) is 11.0 Å². The minimum absolute atomic E-state index is 0.0939. The van der Waals surface area contributed by atoms with Crippen molar-refractivity contribution in [3.63, 3.8) is 0 Å². The van der Waals surface area contributed by atoms with Crippen molar-refractivity contribution in [3.8, 4) is 22.3 Å². The third kappa shape index (κ3) is 3.59. The predicted octanol–water partition coefficient (Wildman–Crippen LogP) is 3.42. The molecule has 2 amide bonds. The van der Waals surface area contributed by atoms with E-state index in [1.54, 1.807) is 50.6 Å². The van der Waals surface area contributed by atoms with Crippen LogP contribution in [0.15, 0.2) is 54.9 Å². The molecule has 0 unspecified atom stereocenters. The number of carbonyl (C=O) groups is 2. The Labute approximate surface area is 177 Å². The summed E-state index contributed by atoms with van der Waals surface area (Å²) in [6.45, 7) is 0. The van der Waals surface area contributed by atoms with Crippen molar-refractivity contribution in [1.29, 1.82) is 0 Å². The van der Waals surface area contributed by atoms with Crippen LogP contribution < -0.4 is 11.5 Å². The van der Waals surface area contributed by atoms with E-state index < -0.39 is 11.7 Å². The topological polar surface area (TPSA) is 118 Å². The number of nitrogens with two attached hydrogens (primary N) is 2. The first-order chi connectivity index (χ1) is 14.8. The summed E-state index contributed by atoms with van der Waals surface area (Å²) in [5.74, 6) is -1.55. The molecule has 8 heteroatoms. The molecule has 2 aromatic carbocycles. The molecule has 0 saturated heterocycles. The molecule has 4 rings (SSSR count). The van der Waals surface area contributed by atoms with Crippen LogP contribution in [0.1, 0.15) is 20.7 Å². The standard InChI is InChI=1S/C23H20FN5O2/c1-29(2)23(31)17-7-14(9-19(24)20(17)25)15-8-16-18(11-28-22(16)27-10-15)12-3-5-13(6-4-12)21(26)30/h3-11H,25H2,1-2H3,(H2,26,30)(H,27,28). The normalized spacial score (nSPS) is 10.9. The molecule has 0 aliphatic carbocycles. The number of primary amides is 1. The lowest BCUT2D eigenvalue weighted by Gasteiger charge is -2.14. The molecule has 0 radical (unpaired) electrons. The predicted molar refractivity (Wildman–Crippen MR) is 118 cm³/mol. The van der Waals surface area contributed by atoms with Crippen molar-refractivity contribution >= 4 is 28.5 Å². The lowest BCUT2D eigenvalue weighted by molar-refractivity contribution is 0.0828. The van der Waals surface area contributed by atoms with Gasteiger partial charge in [-0.05, 0) is 41.5 Å². The Balaban J connectivity index is 1.83. The number of carbonyl (C=O) groups excluding carboxylic acids is 2. The number of fused-ring (bicyclic) bond motifs is 1. The number of hydrogen-bond donors (Lipinski definition) is 3. The Hall–Kier alpha value is -4.20. The summed E-state index contributed by atoms with van der Waals surface area (Å²) in [6.07, 6.45) is 3.42. The first-order valence-electron chi connectivity index (χ1n) is 9.44. The molecular weight excluding hydrogens is 397 g/mol. The van der Waals surface area contributed by atoms with Crippen LogP contribution >= 0.6 is 0 Å². The van der Waals surface area contributed by atoms with Gasteiger partial charge >= 0.3 is 0 Å². The van der Waals surface area contributed by atoms with Crippen LogP contribution in [-0.2, 0) is 0 Å². The van der Waals surface area contributed by atoms with Crippen LogP contribution in [0.25, 0.3) is 33.3 Å². The number of benzene rings is 2. The molecule has 0 atom stereocenters. The van der Waals surface area contributed by atoms with Crippen molar-refractivity contribution in [1.82, 2.24) is 14.9 Å². The van der Waals surface area contributed by atoms with Crippen LogP contribution in [0.2, 0.25) is 0 Å². The Bertz CT molecular complexity index is 1330. The minimum atomic E-state index is -0.667. The van der Waals surface area contributed by atoms with Gasteiger partial charge in [0.05, 0.1) is 11.3 Å². The maximum Gasteiger partial charge on any atom is 0.255 e. The highest BCUT2D eigenvalue weighted by Crippen LogP contribution is 2.33. The Morgan fingerprint density at radius 3 is 2.39 bits per heavy atom. The largest absolute Gasteiger partial charge is 0.396 e. The fraction of sp³-hybridized carbons (Fsp3) is 0.0870. The van der Waals surface area contributed by atoms with E-state index >= 15 is 0 Å². The SMILES string of the molecule is CN(C)C(=O)c1cc(-c2cnc3[nH]cc(-c4ccc(C(N)=O)cc4)c3c2)cc(F)c1N. The number of nitrogen functional groups attached to an aromatic ring is 1. The number of aromatic nitrogens is 2. The van der Waals surface area contributed by atoms with Gasteiger partial charge in [0.2, 0.25) is 5.91 Å². The van der Waals surface area contributed by atoms with Gasteiger partial charge in [0.1, 0.15) is 11.5 Å². The molecule has 0 aliphatic rings. The first kappa shape index (κ1) is 20.1. The summed E-state index contributed by atoms with van der Waals surface area (Å²) in [5.41, 5.74) is 14.9. The molecule has 0 bridgehead atoms. The molecule has 2 aromatic heterocycles. The average Bonchev–Trinajstić information content (AvgIpc) is 3.18. The second kappa shape index (κ2) is 7.56. The number of nitrogens with zero attached hydrogens (tertiary/aromatic N) is 2. The van der Waals surface area contributed by atoms with E-state index in [0.717, 1.165) is 16.5 Å². The van der Waals surface area contributed by atoms with E-state index in [1.807, 2.05) is 12.3 Å². The molecule has 31 heavy (non-hydrogen) atoms. The van der Waals surface area contributed by atoms with Gasteiger partial charge in [-0.2, -0.15) is 0 Å². The maximum atomic E-state index is 14.5. The average molecular weight is 417 g/mol. The molecule has 5 N–H and O–H groups in total. The highest BCUT2D eigenvalue weighted by molar-refractivity contribution is 6.01. The van der Waals surface area contributed by atoms with E-state index in [4.69, 9.17) is 11.5 Å². The van der Waals surface area contributed by atoms with Gasteiger partial charge in [0.25, 0.3) is 5.91 Å². The van der Waals surface area contributed by atoms with Crippen LogP contribution in [0.3, 0.4) is 0 Å². The fourth-order valence-electron chi connectivity index (χ4n) is 3.42. The Kier molecular flexibility index (Phi) is 4.90. The van der Waals surface area contributed by atoms with Crippen LogP contribution in [0.4, 0.5) is 10.1 Å². The molecule has 0 aliphatic heterocycles. The fourth-order valence-corrected chi connectivity index (χ4v) is 3.42. The smallest absolute Gasteiger partial charge is 0.255 e. The molecule has 0 fully saturated rings. The second-order valence-corrected chi connectivity index (χ2v) is 7.38. The van der Waals surface area contributed by atoms with Crippen LogP contribution in [0.5, 0.6) is 0 Å². The summed E-state index contributed by atoms with van der Waals surface area (Å²) in [6, 6.07) is 11.6. The lowest BCUT2D eigenvalue weighted by atomic mass is 9.99. The molecular formula is C23H20FN5O2. The number of H-pyrrole nitrogens is 1. The molecule has 0 spiro atoms. The monoisotopic (exact) mass is 417 g/mol. The van der Waals surface area contributed by atoms with Crippen molar-refractivity contribution in [2.75, 3.05) is 19.8 Å². The zero-order valence-electron chi connectivity index (χ0n) is 16.9. The van der Waals surface area contributed by atoms with Gasteiger partial charge in [-0.25, -0.2) is 9.37 Å². The number of amides is 2. The number of rotatable bonds is 4. The zero-order chi connectivity index (χ0) is 22.3. The molecule has 2 heterocycles. The number of hydrogen-bond acceptors (Lipinski definition) is 4. The highest BCUT2D eigenvalue weighted by Gasteiger charge is 2.18. The number of halogens is 1. The molecule has 0 saturated carbocycles. The van der Waals surface area contributed by atoms with Gasteiger partial charge in [0, 0.05) is 48.6 Å². The van der Waals surface area contributed by atoms with E-state index in [2.05, 4.69) is 9.97 Å².